The second kappa shape index (κ2) is 7.40. The van der Waals surface area contributed by atoms with Crippen LogP contribution in [0.1, 0.15) is 20.8 Å². The summed E-state index contributed by atoms with van der Waals surface area (Å²) in [6, 6.07) is -0.225. The van der Waals surface area contributed by atoms with E-state index < -0.39 is 11.9 Å². The van der Waals surface area contributed by atoms with E-state index in [0.717, 1.165) is 6.54 Å². The minimum absolute atomic E-state index is 0.0707. The van der Waals surface area contributed by atoms with E-state index in [9.17, 15) is 9.59 Å². The van der Waals surface area contributed by atoms with Gasteiger partial charge in [-0.05, 0) is 27.9 Å². The van der Waals surface area contributed by atoms with Gasteiger partial charge in [-0.1, -0.05) is 6.92 Å². The van der Waals surface area contributed by atoms with E-state index in [1.54, 1.807) is 13.8 Å². The molecule has 0 aliphatic heterocycles. The number of hydrogen-bond acceptors (Lipinski definition) is 4. The Bertz CT molecular complexity index is 266. The molecule has 0 spiro atoms. The molecule has 0 aromatic rings. The van der Waals surface area contributed by atoms with Crippen molar-refractivity contribution in [2.24, 2.45) is 5.92 Å². The zero-order valence-electron chi connectivity index (χ0n) is 11.4. The van der Waals surface area contributed by atoms with Crippen molar-refractivity contribution < 1.29 is 14.7 Å². The average Bonchev–Trinajstić information content (AvgIpc) is 2.22. The van der Waals surface area contributed by atoms with Crippen LogP contribution in [-0.4, -0.2) is 66.4 Å². The number of carbonyl (C=O) groups is 2. The molecule has 100 valence electrons. The first kappa shape index (κ1) is 16.1. The quantitative estimate of drug-likeness (QED) is 0.675. The fourth-order valence-corrected chi connectivity index (χ4v) is 1.46. The predicted octanol–water partition coefficient (Wildman–Crippen LogP) is 0.548. The molecule has 0 aliphatic rings. The van der Waals surface area contributed by atoms with Gasteiger partial charge in [-0.15, -0.1) is 0 Å². The molecule has 5 heteroatoms. The van der Waals surface area contributed by atoms with Gasteiger partial charge >= 0.3 is 5.97 Å². The number of carboxylic acid groups (broad SMARTS) is 1. The van der Waals surface area contributed by atoms with Crippen LogP contribution in [0.3, 0.4) is 0 Å². The van der Waals surface area contributed by atoms with E-state index in [1.165, 1.54) is 0 Å². The third-order valence-corrected chi connectivity index (χ3v) is 2.90. The Balaban J connectivity index is 4.49. The first-order valence-corrected chi connectivity index (χ1v) is 5.87. The van der Waals surface area contributed by atoms with E-state index >= 15 is 0 Å². The molecule has 0 fully saturated rings. The van der Waals surface area contributed by atoms with Gasteiger partial charge in [0.15, 0.2) is 0 Å². The van der Waals surface area contributed by atoms with Gasteiger partial charge in [-0.2, -0.15) is 0 Å². The van der Waals surface area contributed by atoms with Crippen molar-refractivity contribution in [1.82, 2.24) is 9.80 Å². The third kappa shape index (κ3) is 6.38. The molecular formula is C12H24N2O3. The molecule has 0 amide bonds. The second-order valence-corrected chi connectivity index (χ2v) is 4.82. The number of ketones is 1. The number of carbonyl (C=O) groups excluding carboxylic acids is 1. The van der Waals surface area contributed by atoms with E-state index in [0.29, 0.717) is 13.1 Å². The van der Waals surface area contributed by atoms with Crippen LogP contribution in [0.15, 0.2) is 0 Å². The van der Waals surface area contributed by atoms with E-state index in [1.807, 2.05) is 30.8 Å². The Morgan fingerprint density at radius 1 is 1.18 bits per heavy atom. The Morgan fingerprint density at radius 2 is 1.71 bits per heavy atom. The Hall–Kier alpha value is -0.940. The lowest BCUT2D eigenvalue weighted by atomic mass is 10.1. The predicted molar refractivity (Wildman–Crippen MR) is 67.1 cm³/mol. The van der Waals surface area contributed by atoms with Crippen LogP contribution in [0.25, 0.3) is 0 Å². The molecule has 0 aromatic heterocycles. The van der Waals surface area contributed by atoms with Gasteiger partial charge in [-0.25, -0.2) is 0 Å². The molecule has 0 saturated heterocycles. The summed E-state index contributed by atoms with van der Waals surface area (Å²) < 4.78 is 0. The van der Waals surface area contributed by atoms with Gasteiger partial charge in [0.05, 0.1) is 12.0 Å². The smallest absolute Gasteiger partial charge is 0.307 e. The van der Waals surface area contributed by atoms with Crippen LogP contribution in [-0.2, 0) is 9.59 Å². The van der Waals surface area contributed by atoms with Gasteiger partial charge in [0, 0.05) is 19.6 Å². The van der Waals surface area contributed by atoms with Crippen LogP contribution < -0.4 is 0 Å². The molecule has 1 N–H and O–H groups in total. The summed E-state index contributed by atoms with van der Waals surface area (Å²) in [5, 5.41) is 8.91. The van der Waals surface area contributed by atoms with Gasteiger partial charge in [-0.3, -0.25) is 14.5 Å². The maximum absolute atomic E-state index is 11.4. The second-order valence-electron chi connectivity index (χ2n) is 4.82. The molecule has 5 nitrogen and oxygen atoms in total. The van der Waals surface area contributed by atoms with Gasteiger partial charge in [0.25, 0.3) is 0 Å². The van der Waals surface area contributed by atoms with Crippen LogP contribution in [0, 0.1) is 5.92 Å². The Morgan fingerprint density at radius 3 is 2.06 bits per heavy atom. The molecule has 0 bridgehead atoms. The minimum Gasteiger partial charge on any atom is -0.481 e. The molecule has 17 heavy (non-hydrogen) atoms. The van der Waals surface area contributed by atoms with E-state index in [2.05, 4.69) is 0 Å². The lowest BCUT2D eigenvalue weighted by Crippen LogP contribution is -2.44. The highest BCUT2D eigenvalue weighted by atomic mass is 16.4. The SMILES string of the molecule is CC(=O)C(C)N(CCN(C)C)CC(C)C(=O)O. The summed E-state index contributed by atoms with van der Waals surface area (Å²) in [5.41, 5.74) is 0. The summed E-state index contributed by atoms with van der Waals surface area (Å²) in [6.07, 6.45) is 0. The highest BCUT2D eigenvalue weighted by Gasteiger charge is 2.22. The maximum Gasteiger partial charge on any atom is 0.307 e. The summed E-state index contributed by atoms with van der Waals surface area (Å²) in [4.78, 5) is 26.2. The normalized spacial score (nSPS) is 15.0. The number of hydrogen-bond donors (Lipinski definition) is 1. The molecule has 0 rings (SSSR count). The van der Waals surface area contributed by atoms with Crippen molar-refractivity contribution >= 4 is 11.8 Å². The summed E-state index contributed by atoms with van der Waals surface area (Å²) in [5.74, 6) is -1.21. The first-order chi connectivity index (χ1) is 7.75. The Labute approximate surface area is 103 Å². The van der Waals surface area contributed by atoms with Gasteiger partial charge in [0.2, 0.25) is 0 Å². The van der Waals surface area contributed by atoms with Crippen LogP contribution in [0.4, 0.5) is 0 Å². The monoisotopic (exact) mass is 244 g/mol. The van der Waals surface area contributed by atoms with Gasteiger partial charge in [0.1, 0.15) is 5.78 Å². The number of rotatable bonds is 8. The zero-order valence-corrected chi connectivity index (χ0v) is 11.4. The van der Waals surface area contributed by atoms with Crippen LogP contribution in [0.2, 0.25) is 0 Å². The number of nitrogens with zero attached hydrogens (tertiary/aromatic N) is 2. The lowest BCUT2D eigenvalue weighted by molar-refractivity contribution is -0.142. The molecule has 0 aromatic carbocycles. The van der Waals surface area contributed by atoms with Crippen LogP contribution in [0.5, 0.6) is 0 Å². The van der Waals surface area contributed by atoms with Gasteiger partial charge < -0.3 is 10.0 Å². The zero-order chi connectivity index (χ0) is 13.6. The Kier molecular flexibility index (Phi) is 6.99. The number of likely N-dealkylation sites (N-methyl/N-ethyl adjacent to an activating group) is 1. The molecule has 0 aliphatic carbocycles. The van der Waals surface area contributed by atoms with Crippen molar-refractivity contribution in [3.05, 3.63) is 0 Å². The largest absolute Gasteiger partial charge is 0.481 e. The molecule has 2 atom stereocenters. The van der Waals surface area contributed by atoms with Crippen molar-refractivity contribution in [1.29, 1.82) is 0 Å². The van der Waals surface area contributed by atoms with Crippen molar-refractivity contribution in [3.8, 4) is 0 Å². The number of carboxylic acids is 1. The maximum atomic E-state index is 11.4. The molecule has 2 unspecified atom stereocenters. The number of Topliss-reactive ketones (excluding diaryl/α,β-unsaturated/α-hetero) is 1. The highest BCUT2D eigenvalue weighted by Crippen LogP contribution is 2.06. The highest BCUT2D eigenvalue weighted by molar-refractivity contribution is 5.81. The summed E-state index contributed by atoms with van der Waals surface area (Å²) >= 11 is 0. The van der Waals surface area contributed by atoms with Crippen molar-refractivity contribution in [3.63, 3.8) is 0 Å². The van der Waals surface area contributed by atoms with Crippen LogP contribution >= 0.6 is 0 Å². The first-order valence-electron chi connectivity index (χ1n) is 5.87. The molecule has 0 heterocycles. The summed E-state index contributed by atoms with van der Waals surface area (Å²) in [6.45, 7) is 6.95. The minimum atomic E-state index is -0.824. The molecule has 0 saturated carbocycles. The van der Waals surface area contributed by atoms with E-state index in [4.69, 9.17) is 5.11 Å². The fraction of sp³-hybridized carbons (Fsp3) is 0.833. The van der Waals surface area contributed by atoms with E-state index in [-0.39, 0.29) is 11.8 Å². The third-order valence-electron chi connectivity index (χ3n) is 2.90. The topological polar surface area (TPSA) is 60.9 Å². The molecular weight excluding hydrogens is 220 g/mol. The molecule has 0 radical (unpaired) electrons. The lowest BCUT2D eigenvalue weighted by Gasteiger charge is -2.29. The summed E-state index contributed by atoms with van der Waals surface area (Å²) in [7, 11) is 3.91. The fourth-order valence-electron chi connectivity index (χ4n) is 1.46. The van der Waals surface area contributed by atoms with Crippen molar-refractivity contribution in [2.75, 3.05) is 33.7 Å². The van der Waals surface area contributed by atoms with Crippen molar-refractivity contribution in [2.45, 2.75) is 26.8 Å². The number of aliphatic carboxylic acids is 1. The average molecular weight is 244 g/mol. The standard InChI is InChI=1S/C12H24N2O3/c1-9(12(16)17)8-14(7-6-13(4)5)10(2)11(3)15/h9-10H,6-8H2,1-5H3,(H,16,17).